The van der Waals surface area contributed by atoms with Gasteiger partial charge >= 0.3 is 0 Å². The Morgan fingerprint density at radius 1 is 1.47 bits per heavy atom. The fraction of sp³-hybridized carbons (Fsp3) is 0.462. The number of nitrogens with one attached hydrogen (secondary N) is 1. The molecular formula is C13H17N3O3. The molecule has 1 aromatic rings. The van der Waals surface area contributed by atoms with E-state index in [1.807, 2.05) is 0 Å². The Balaban J connectivity index is 1.96. The summed E-state index contributed by atoms with van der Waals surface area (Å²) >= 11 is 0. The molecule has 0 aromatic heterocycles. The van der Waals surface area contributed by atoms with E-state index in [1.165, 1.54) is 6.07 Å². The van der Waals surface area contributed by atoms with E-state index < -0.39 is 0 Å². The lowest BCUT2D eigenvalue weighted by Crippen LogP contribution is -2.46. The van der Waals surface area contributed by atoms with E-state index >= 15 is 0 Å². The second-order valence-electron chi connectivity index (χ2n) is 4.78. The molecule has 6 heteroatoms. The minimum Gasteiger partial charge on any atom is -0.344 e. The molecule has 102 valence electrons. The maximum atomic E-state index is 11.4. The summed E-state index contributed by atoms with van der Waals surface area (Å²) < 4.78 is 0. The van der Waals surface area contributed by atoms with Gasteiger partial charge in [-0.1, -0.05) is 18.2 Å². The minimum atomic E-state index is -0.368. The lowest BCUT2D eigenvalue weighted by molar-refractivity contribution is -0.385. The van der Waals surface area contributed by atoms with Crippen LogP contribution in [0.2, 0.25) is 0 Å². The average molecular weight is 263 g/mol. The van der Waals surface area contributed by atoms with Gasteiger partial charge in [-0.2, -0.15) is 0 Å². The van der Waals surface area contributed by atoms with Gasteiger partial charge in [0.15, 0.2) is 0 Å². The smallest absolute Gasteiger partial charge is 0.273 e. The number of nitro benzene ring substituents is 1. The molecule has 1 saturated heterocycles. The van der Waals surface area contributed by atoms with Crippen LogP contribution in [-0.2, 0) is 11.3 Å². The summed E-state index contributed by atoms with van der Waals surface area (Å²) in [6.07, 6.45) is 1.31. The highest BCUT2D eigenvalue weighted by molar-refractivity contribution is 5.76. The molecule has 0 bridgehead atoms. The van der Waals surface area contributed by atoms with Gasteiger partial charge in [0.05, 0.1) is 4.92 Å². The Morgan fingerprint density at radius 2 is 2.21 bits per heavy atom. The third-order valence-electron chi connectivity index (χ3n) is 3.40. The monoisotopic (exact) mass is 263 g/mol. The predicted octanol–water partition coefficient (Wildman–Crippen LogP) is 1.31. The van der Waals surface area contributed by atoms with Gasteiger partial charge in [-0.25, -0.2) is 0 Å². The van der Waals surface area contributed by atoms with Crippen LogP contribution in [0.4, 0.5) is 5.69 Å². The van der Waals surface area contributed by atoms with Gasteiger partial charge in [0.2, 0.25) is 5.91 Å². The highest BCUT2D eigenvalue weighted by atomic mass is 16.6. The van der Waals surface area contributed by atoms with Gasteiger partial charge in [0, 0.05) is 44.2 Å². The Morgan fingerprint density at radius 3 is 2.89 bits per heavy atom. The zero-order chi connectivity index (χ0) is 13.8. The molecule has 1 heterocycles. The summed E-state index contributed by atoms with van der Waals surface area (Å²) in [5.74, 6) is 0.156. The molecule has 1 aliphatic rings. The Kier molecular flexibility index (Phi) is 4.11. The van der Waals surface area contributed by atoms with E-state index in [9.17, 15) is 14.9 Å². The summed E-state index contributed by atoms with van der Waals surface area (Å²) in [6.45, 7) is 1.10. The third kappa shape index (κ3) is 3.29. The summed E-state index contributed by atoms with van der Waals surface area (Å²) in [6, 6.07) is 6.91. The Bertz CT molecular complexity index is 490. The molecule has 0 saturated carbocycles. The quantitative estimate of drug-likeness (QED) is 0.656. The largest absolute Gasteiger partial charge is 0.344 e. The van der Waals surface area contributed by atoms with Crippen LogP contribution < -0.4 is 5.32 Å². The van der Waals surface area contributed by atoms with Crippen molar-refractivity contribution in [2.75, 3.05) is 13.6 Å². The molecule has 1 aromatic carbocycles. The van der Waals surface area contributed by atoms with Crippen molar-refractivity contribution in [1.82, 2.24) is 10.2 Å². The lowest BCUT2D eigenvalue weighted by atomic mass is 10.0. The van der Waals surface area contributed by atoms with Crippen molar-refractivity contribution in [2.45, 2.75) is 25.4 Å². The fourth-order valence-electron chi connectivity index (χ4n) is 2.27. The molecule has 1 fully saturated rings. The number of hydrogen-bond donors (Lipinski definition) is 1. The summed E-state index contributed by atoms with van der Waals surface area (Å²) in [5, 5.41) is 14.2. The van der Waals surface area contributed by atoms with Crippen LogP contribution in [0.15, 0.2) is 24.3 Å². The number of carbonyl (C=O) groups excluding carboxylic acids is 1. The number of piperidine rings is 1. The fourth-order valence-corrected chi connectivity index (χ4v) is 2.27. The number of hydrogen-bond acceptors (Lipinski definition) is 4. The normalized spacial score (nSPS) is 19.5. The van der Waals surface area contributed by atoms with Crippen LogP contribution >= 0.6 is 0 Å². The molecule has 1 atom stereocenters. The van der Waals surface area contributed by atoms with E-state index in [2.05, 4.69) is 5.32 Å². The van der Waals surface area contributed by atoms with Crippen molar-refractivity contribution in [2.24, 2.45) is 0 Å². The molecule has 19 heavy (non-hydrogen) atoms. The Hall–Kier alpha value is -1.95. The highest BCUT2D eigenvalue weighted by Gasteiger charge is 2.23. The second kappa shape index (κ2) is 5.79. The molecule has 1 unspecified atom stereocenters. The van der Waals surface area contributed by atoms with Crippen LogP contribution in [0.5, 0.6) is 0 Å². The molecule has 0 spiro atoms. The summed E-state index contributed by atoms with van der Waals surface area (Å²) in [4.78, 5) is 23.6. The van der Waals surface area contributed by atoms with Gasteiger partial charge < -0.3 is 10.2 Å². The van der Waals surface area contributed by atoms with E-state index in [0.717, 1.165) is 6.42 Å². The number of nitrogens with zero attached hydrogens (tertiary/aromatic N) is 2. The van der Waals surface area contributed by atoms with Crippen molar-refractivity contribution < 1.29 is 9.72 Å². The van der Waals surface area contributed by atoms with Crippen LogP contribution in [0.1, 0.15) is 18.4 Å². The molecule has 6 nitrogen and oxygen atoms in total. The minimum absolute atomic E-state index is 0.134. The van der Waals surface area contributed by atoms with Gasteiger partial charge in [-0.3, -0.25) is 14.9 Å². The number of benzene rings is 1. The second-order valence-corrected chi connectivity index (χ2v) is 4.78. The van der Waals surface area contributed by atoms with E-state index in [0.29, 0.717) is 25.1 Å². The zero-order valence-electron chi connectivity index (χ0n) is 10.8. The van der Waals surface area contributed by atoms with Gasteiger partial charge in [0.1, 0.15) is 0 Å². The number of rotatable bonds is 4. The topological polar surface area (TPSA) is 75.5 Å². The first-order chi connectivity index (χ1) is 9.08. The van der Waals surface area contributed by atoms with Crippen LogP contribution in [0.25, 0.3) is 0 Å². The predicted molar refractivity (Wildman–Crippen MR) is 70.6 cm³/mol. The van der Waals surface area contributed by atoms with Gasteiger partial charge in [-0.05, 0) is 6.42 Å². The molecule has 1 amide bonds. The molecule has 2 rings (SSSR count). The third-order valence-corrected chi connectivity index (χ3v) is 3.40. The number of likely N-dealkylation sites (tertiary alicyclic amines) is 1. The number of amides is 1. The number of para-hydroxylation sites is 1. The SMILES string of the molecule is CN1CC(NCc2ccccc2[N+](=O)[O-])CCC1=O. The number of likely N-dealkylation sites (N-methyl/N-ethyl adjacent to an activating group) is 1. The van der Waals surface area contributed by atoms with Crippen molar-refractivity contribution >= 4 is 11.6 Å². The average Bonchev–Trinajstić information content (AvgIpc) is 2.40. The maximum absolute atomic E-state index is 11.4. The molecular weight excluding hydrogens is 246 g/mol. The molecule has 1 aliphatic heterocycles. The maximum Gasteiger partial charge on any atom is 0.273 e. The number of carbonyl (C=O) groups is 1. The summed E-state index contributed by atoms with van der Waals surface area (Å²) in [5.41, 5.74) is 0.808. The molecule has 1 N–H and O–H groups in total. The lowest BCUT2D eigenvalue weighted by Gasteiger charge is -2.30. The van der Waals surface area contributed by atoms with Gasteiger partial charge in [0.25, 0.3) is 5.69 Å². The van der Waals surface area contributed by atoms with Crippen molar-refractivity contribution in [1.29, 1.82) is 0 Å². The zero-order valence-corrected chi connectivity index (χ0v) is 10.8. The molecule has 0 radical (unpaired) electrons. The van der Waals surface area contributed by atoms with Gasteiger partial charge in [-0.15, -0.1) is 0 Å². The summed E-state index contributed by atoms with van der Waals surface area (Å²) in [7, 11) is 1.78. The van der Waals surface area contributed by atoms with Crippen molar-refractivity contribution in [3.8, 4) is 0 Å². The first-order valence-electron chi connectivity index (χ1n) is 6.27. The standard InChI is InChI=1S/C13H17N3O3/c1-15-9-11(6-7-13(15)17)14-8-10-4-2-3-5-12(10)16(18)19/h2-5,11,14H,6-9H2,1H3. The number of nitro groups is 1. The first-order valence-corrected chi connectivity index (χ1v) is 6.27. The molecule has 0 aliphatic carbocycles. The van der Waals surface area contributed by atoms with Crippen molar-refractivity contribution in [3.63, 3.8) is 0 Å². The van der Waals surface area contributed by atoms with Crippen LogP contribution in [-0.4, -0.2) is 35.4 Å². The van der Waals surface area contributed by atoms with E-state index in [-0.39, 0.29) is 22.6 Å². The Labute approximate surface area is 111 Å². The van der Waals surface area contributed by atoms with Crippen molar-refractivity contribution in [3.05, 3.63) is 39.9 Å². The highest BCUT2D eigenvalue weighted by Crippen LogP contribution is 2.18. The van der Waals surface area contributed by atoms with E-state index in [4.69, 9.17) is 0 Å². The van der Waals surface area contributed by atoms with Crippen LogP contribution in [0, 0.1) is 10.1 Å². The first kappa shape index (κ1) is 13.5. The van der Waals surface area contributed by atoms with Crippen LogP contribution in [0.3, 0.4) is 0 Å². The van der Waals surface area contributed by atoms with E-state index in [1.54, 1.807) is 30.1 Å².